The summed E-state index contributed by atoms with van der Waals surface area (Å²) in [7, 11) is 0. The minimum absolute atomic E-state index is 0. The number of H-pyrrole nitrogens is 2. The molecule has 1 aliphatic rings. The monoisotopic (exact) mass is 351 g/mol. The third kappa shape index (κ3) is 3.50. The lowest BCUT2D eigenvalue weighted by molar-refractivity contribution is 0.0944. The number of hydrogen-bond donors (Lipinski definition) is 5. The van der Waals surface area contributed by atoms with Crippen LogP contribution in [-0.2, 0) is 6.42 Å². The largest absolute Gasteiger partial charge is 0.392 e. The number of carbonyl (C=O) groups is 1. The van der Waals surface area contributed by atoms with E-state index in [2.05, 4.69) is 21.7 Å². The normalized spacial score (nSPS) is 15.9. The van der Waals surface area contributed by atoms with Crippen LogP contribution < -0.4 is 27.6 Å². The highest BCUT2D eigenvalue weighted by atomic mass is 35.5. The van der Waals surface area contributed by atoms with Gasteiger partial charge in [0, 0.05) is 12.6 Å². The van der Waals surface area contributed by atoms with Crippen molar-refractivity contribution in [3.05, 3.63) is 61.9 Å². The molecule has 9 heteroatoms. The molecule has 0 aliphatic carbocycles. The molecule has 6 N–H and O–H groups in total. The smallest absolute Gasteiger partial charge is 0.326 e. The number of benzene rings is 1. The second-order valence-electron chi connectivity index (χ2n) is 5.36. The Bertz CT molecular complexity index is 861. The first-order chi connectivity index (χ1) is 11.1. The maximum atomic E-state index is 12.2. The highest BCUT2D eigenvalue weighted by Crippen LogP contribution is 2.21. The van der Waals surface area contributed by atoms with Gasteiger partial charge in [0.05, 0.1) is 0 Å². The number of nitrogens with two attached hydrogens (primary N) is 1. The molecule has 0 fully saturated rings. The van der Waals surface area contributed by atoms with Gasteiger partial charge in [-0.2, -0.15) is 0 Å². The fourth-order valence-electron chi connectivity index (χ4n) is 2.73. The summed E-state index contributed by atoms with van der Waals surface area (Å²) in [5.41, 5.74) is 5.85. The van der Waals surface area contributed by atoms with Crippen molar-refractivity contribution in [3.63, 3.8) is 0 Å². The number of aromatic amines is 2. The molecule has 3 rings (SSSR count). The predicted molar refractivity (Wildman–Crippen MR) is 92.6 cm³/mol. The van der Waals surface area contributed by atoms with Crippen LogP contribution in [0.25, 0.3) is 0 Å². The number of amides is 1. The van der Waals surface area contributed by atoms with Crippen LogP contribution in [0.2, 0.25) is 0 Å². The maximum Gasteiger partial charge on any atom is 0.326 e. The Kier molecular flexibility index (Phi) is 5.42. The van der Waals surface area contributed by atoms with E-state index < -0.39 is 17.2 Å². The number of nitrogen functional groups attached to an aromatic ring is 1. The van der Waals surface area contributed by atoms with Gasteiger partial charge >= 0.3 is 5.69 Å². The van der Waals surface area contributed by atoms with Gasteiger partial charge in [-0.3, -0.25) is 14.6 Å². The Morgan fingerprint density at radius 3 is 2.79 bits per heavy atom. The van der Waals surface area contributed by atoms with Crippen molar-refractivity contribution in [3.8, 4) is 0 Å². The van der Waals surface area contributed by atoms with E-state index in [0.717, 1.165) is 18.5 Å². The highest BCUT2D eigenvalue weighted by molar-refractivity contribution is 5.96. The van der Waals surface area contributed by atoms with Crippen LogP contribution in [0.15, 0.2) is 33.9 Å². The summed E-state index contributed by atoms with van der Waals surface area (Å²) in [6.07, 6.45) is 0.939. The van der Waals surface area contributed by atoms with Crippen LogP contribution in [0.3, 0.4) is 0 Å². The average Bonchev–Trinajstić information content (AvgIpc) is 2.55. The Balaban J connectivity index is 0.00000208. The van der Waals surface area contributed by atoms with Gasteiger partial charge in [0.25, 0.3) is 11.5 Å². The molecule has 0 bridgehead atoms. The fraction of sp³-hybridized carbons (Fsp3) is 0.267. The molecule has 128 valence electrons. The second-order valence-corrected chi connectivity index (χ2v) is 5.36. The molecule has 0 saturated carbocycles. The van der Waals surface area contributed by atoms with Gasteiger partial charge in [-0.25, -0.2) is 4.79 Å². The number of rotatable bonds is 3. The van der Waals surface area contributed by atoms with Gasteiger partial charge in [-0.05, 0) is 24.1 Å². The summed E-state index contributed by atoms with van der Waals surface area (Å²) in [5, 5.41) is 6.03. The second kappa shape index (κ2) is 7.33. The van der Waals surface area contributed by atoms with E-state index in [1.165, 1.54) is 5.56 Å². The topological polar surface area (TPSA) is 133 Å². The molecule has 1 unspecified atom stereocenters. The molecular formula is C15H18ClN5O3. The Morgan fingerprint density at radius 2 is 2.00 bits per heavy atom. The number of carbonyl (C=O) groups excluding carboxylic acids is 1. The summed E-state index contributed by atoms with van der Waals surface area (Å²) < 4.78 is 0. The van der Waals surface area contributed by atoms with E-state index >= 15 is 0 Å². The number of fused-ring (bicyclic) bond motifs is 1. The van der Waals surface area contributed by atoms with Crippen molar-refractivity contribution in [2.45, 2.75) is 12.5 Å². The minimum Gasteiger partial charge on any atom is -0.392 e. The third-order valence-electron chi connectivity index (χ3n) is 3.89. The van der Waals surface area contributed by atoms with E-state index in [4.69, 9.17) is 5.73 Å². The average molecular weight is 352 g/mol. The van der Waals surface area contributed by atoms with Gasteiger partial charge in [0.2, 0.25) is 0 Å². The molecule has 0 radical (unpaired) electrons. The summed E-state index contributed by atoms with van der Waals surface area (Å²) in [6.45, 7) is 1.14. The molecule has 0 spiro atoms. The minimum atomic E-state index is -0.778. The molecule has 8 nitrogen and oxygen atoms in total. The zero-order chi connectivity index (χ0) is 16.4. The van der Waals surface area contributed by atoms with E-state index in [1.54, 1.807) is 0 Å². The Labute approximate surface area is 143 Å². The lowest BCUT2D eigenvalue weighted by Gasteiger charge is -2.27. The van der Waals surface area contributed by atoms with Crippen molar-refractivity contribution in [2.75, 3.05) is 18.8 Å². The molecule has 1 amide bonds. The van der Waals surface area contributed by atoms with Gasteiger partial charge in [-0.1, -0.05) is 24.3 Å². The first-order valence-corrected chi connectivity index (χ1v) is 7.27. The van der Waals surface area contributed by atoms with Crippen molar-refractivity contribution < 1.29 is 4.79 Å². The van der Waals surface area contributed by atoms with E-state index in [0.29, 0.717) is 6.54 Å². The zero-order valence-corrected chi connectivity index (χ0v) is 13.5. The van der Waals surface area contributed by atoms with Gasteiger partial charge in [0.15, 0.2) is 0 Å². The molecule has 0 saturated heterocycles. The summed E-state index contributed by atoms with van der Waals surface area (Å²) in [6, 6.07) is 7.99. The van der Waals surface area contributed by atoms with Gasteiger partial charge < -0.3 is 21.4 Å². The molecule has 1 aromatic carbocycles. The number of anilines is 1. The fourth-order valence-corrected chi connectivity index (χ4v) is 2.73. The highest BCUT2D eigenvalue weighted by Gasteiger charge is 2.21. The van der Waals surface area contributed by atoms with Crippen molar-refractivity contribution >= 4 is 24.0 Å². The van der Waals surface area contributed by atoms with Crippen LogP contribution in [0, 0.1) is 0 Å². The van der Waals surface area contributed by atoms with Crippen LogP contribution in [0.1, 0.15) is 27.7 Å². The van der Waals surface area contributed by atoms with Gasteiger partial charge in [-0.15, -0.1) is 12.4 Å². The molecular weight excluding hydrogens is 334 g/mol. The lowest BCUT2D eigenvalue weighted by Crippen LogP contribution is -2.40. The van der Waals surface area contributed by atoms with E-state index in [9.17, 15) is 14.4 Å². The van der Waals surface area contributed by atoms with E-state index in [1.807, 2.05) is 23.2 Å². The number of halogens is 1. The molecule has 1 aromatic heterocycles. The number of nitrogens with one attached hydrogen (secondary N) is 4. The van der Waals surface area contributed by atoms with Crippen LogP contribution in [0.4, 0.5) is 5.69 Å². The summed E-state index contributed by atoms with van der Waals surface area (Å²) >= 11 is 0. The van der Waals surface area contributed by atoms with E-state index in [-0.39, 0.29) is 29.8 Å². The van der Waals surface area contributed by atoms with Crippen molar-refractivity contribution in [1.29, 1.82) is 0 Å². The van der Waals surface area contributed by atoms with Crippen molar-refractivity contribution in [2.24, 2.45) is 0 Å². The summed E-state index contributed by atoms with van der Waals surface area (Å²) in [5.74, 6) is -0.587. The Hall–Kier alpha value is -2.58. The molecule has 2 heterocycles. The van der Waals surface area contributed by atoms with Gasteiger partial charge in [0.1, 0.15) is 11.4 Å². The standard InChI is InChI=1S/C15H17N5O3.ClH/c16-11-12(19-15(23)20-13(11)21)14(22)18-7-10-9-4-2-1-3-8(9)5-6-17-10;/h1-4,10,17H,5-7,16H2,(H,18,22)(H2,19,20,21,23);1H. The first kappa shape index (κ1) is 17.8. The molecule has 1 atom stereocenters. The lowest BCUT2D eigenvalue weighted by atomic mass is 9.94. The molecule has 2 aromatic rings. The summed E-state index contributed by atoms with van der Waals surface area (Å²) in [4.78, 5) is 39.1. The van der Waals surface area contributed by atoms with Crippen LogP contribution in [0.5, 0.6) is 0 Å². The third-order valence-corrected chi connectivity index (χ3v) is 3.89. The molecule has 1 aliphatic heterocycles. The van der Waals surface area contributed by atoms with Crippen molar-refractivity contribution in [1.82, 2.24) is 20.6 Å². The van der Waals surface area contributed by atoms with Crippen LogP contribution in [-0.4, -0.2) is 29.0 Å². The zero-order valence-electron chi connectivity index (χ0n) is 12.7. The maximum absolute atomic E-state index is 12.2. The Morgan fingerprint density at radius 1 is 1.25 bits per heavy atom. The predicted octanol–water partition coefficient (Wildman–Crippen LogP) is -0.316. The molecule has 24 heavy (non-hydrogen) atoms. The first-order valence-electron chi connectivity index (χ1n) is 7.27. The quantitative estimate of drug-likeness (QED) is 0.517. The SMILES string of the molecule is Cl.Nc1c(C(=O)NCC2NCCc3ccccc32)[nH]c(=O)[nH]c1=O. The number of aromatic nitrogens is 2. The number of hydrogen-bond acceptors (Lipinski definition) is 5. The van der Waals surface area contributed by atoms with Crippen LogP contribution >= 0.6 is 12.4 Å².